The molecule has 0 saturated carbocycles. The fraction of sp³-hybridized carbons (Fsp3) is 1.00. The SMILES string of the molecule is C.C[C@@H]1S[C@H](CO)C[C@H]1O.C[C@@H]1S[C@H](CO)[C@@H](CO)[C@H]1O.C[C@@H]1S[C@H](CO)[C@@H](O)[C@@]1(C)F.C[C@@H]1S[C@H](CO)[C@@H](O)[C@@]1(C)O.C[C@@H]1S[C@H](CO)[C@@H](O)[C@@]1(C)O.C[C@@H]1S[C@H](CO)[C@@H](O)[C@H]1F.C[C@@H]1S[C@H](CO)[C@@H](O)[C@H]1O.C[C@@H]1S[C@H](CO)[C@@H](O)[C@]1(O)C(F)(F)F.C[C@@H]1S[C@H](CO)[C@@H](O)[C@]1(O)CF.C[C@H]1CC[C@@H](CO)S1.C[C@H]1C[C@H](O)[C@@H](CO)S1. The van der Waals surface area contributed by atoms with Gasteiger partial charge in [-0.05, 0) is 46.5 Å². The maximum Gasteiger partial charge on any atom is 0.420 e. The molecular weight excluding hydrogens is 1780 g/mol. The number of rotatable bonds is 13. The summed E-state index contributed by atoms with van der Waals surface area (Å²) in [6.07, 6.45) is -11.2. The van der Waals surface area contributed by atoms with E-state index in [2.05, 4.69) is 13.8 Å². The molecule has 11 rings (SSSR count). The fourth-order valence-corrected chi connectivity index (χ4v) is 28.3. The lowest BCUT2D eigenvalue weighted by molar-refractivity contribution is -0.285. The van der Waals surface area contributed by atoms with Crippen LogP contribution in [0.5, 0.6) is 0 Å². The van der Waals surface area contributed by atoms with Crippen LogP contribution in [-0.2, 0) is 0 Å². The largest absolute Gasteiger partial charge is 0.420 e. The first-order valence-electron chi connectivity index (χ1n) is 38.5. The van der Waals surface area contributed by atoms with Crippen LogP contribution >= 0.6 is 129 Å². The van der Waals surface area contributed by atoms with Gasteiger partial charge in [-0.1, -0.05) is 83.6 Å². The van der Waals surface area contributed by atoms with E-state index in [9.17, 15) is 92.7 Å². The van der Waals surface area contributed by atoms with E-state index in [1.165, 1.54) is 97.3 Å². The molecule has 11 saturated heterocycles. The molecule has 27 N–H and O–H groups in total. The summed E-state index contributed by atoms with van der Waals surface area (Å²) in [4.78, 5) is 0. The Bertz CT molecular complexity index is 2520. The third kappa shape index (κ3) is 33.3. The summed E-state index contributed by atoms with van der Waals surface area (Å²) >= 11 is 15.7. The van der Waals surface area contributed by atoms with Crippen molar-refractivity contribution in [2.24, 2.45) is 5.92 Å². The highest BCUT2D eigenvalue weighted by Gasteiger charge is 2.67. The minimum Gasteiger partial charge on any atom is -0.396 e. The zero-order valence-electron chi connectivity index (χ0n) is 68.1. The topological polar surface area (TPSA) is 546 Å². The van der Waals surface area contributed by atoms with Crippen LogP contribution in [-0.4, -0.2) is 447 Å². The van der Waals surface area contributed by atoms with Gasteiger partial charge in [-0.15, -0.1) is 94.1 Å². The van der Waals surface area contributed by atoms with Gasteiger partial charge in [0.05, 0.1) is 157 Å². The molecule has 11 heterocycles. The van der Waals surface area contributed by atoms with Gasteiger partial charge in [0.1, 0.15) is 59.7 Å². The van der Waals surface area contributed by atoms with Crippen molar-refractivity contribution in [3.8, 4) is 0 Å². The number of hydrogen-bond acceptors (Lipinski definition) is 38. The third-order valence-corrected chi connectivity index (χ3v) is 39.1. The van der Waals surface area contributed by atoms with Gasteiger partial charge in [-0.3, -0.25) is 0 Å². The Labute approximate surface area is 733 Å². The highest BCUT2D eigenvalue weighted by atomic mass is 32.2. The second kappa shape index (κ2) is 55.5. The number of hydrogen-bond donors (Lipinski definition) is 27. The summed E-state index contributed by atoms with van der Waals surface area (Å²) in [5.41, 5.74) is -8.47. The van der Waals surface area contributed by atoms with Crippen molar-refractivity contribution in [2.45, 2.75) is 353 Å². The van der Waals surface area contributed by atoms with Crippen molar-refractivity contribution < 1.29 is 164 Å². The Balaban J connectivity index is 0.00000127. The summed E-state index contributed by atoms with van der Waals surface area (Å²) in [7, 11) is 0. The molecule has 0 bridgehead atoms. The molecule has 0 aromatic heterocycles. The number of aliphatic hydroxyl groups excluding tert-OH is 23. The molecular formula is C73H142F6O27S11. The van der Waals surface area contributed by atoms with E-state index in [1.807, 2.05) is 46.4 Å². The summed E-state index contributed by atoms with van der Waals surface area (Å²) in [6.45, 7) is 22.9. The van der Waals surface area contributed by atoms with Gasteiger partial charge in [0.2, 0.25) is 0 Å². The second-order valence-corrected chi connectivity index (χ2v) is 48.9. The van der Waals surface area contributed by atoms with E-state index in [0.29, 0.717) is 22.4 Å². The number of alkyl halides is 6. The minimum absolute atomic E-state index is 0. The molecule has 704 valence electrons. The molecule has 0 radical (unpaired) electrons. The highest BCUT2D eigenvalue weighted by Crippen LogP contribution is 2.51. The Morgan fingerprint density at radius 3 is 0.923 bits per heavy atom. The first kappa shape index (κ1) is 119. The molecule has 40 atom stereocenters. The minimum atomic E-state index is -4.89. The van der Waals surface area contributed by atoms with E-state index in [-0.39, 0.29) is 170 Å². The smallest absolute Gasteiger partial charge is 0.396 e. The van der Waals surface area contributed by atoms with Crippen LogP contribution in [0.25, 0.3) is 0 Å². The Morgan fingerprint density at radius 1 is 0.333 bits per heavy atom. The molecule has 27 nitrogen and oxygen atoms in total. The highest BCUT2D eigenvalue weighted by molar-refractivity contribution is 8.03. The first-order chi connectivity index (χ1) is 53.6. The number of thioether (sulfide) groups is 11. The molecule has 11 aliphatic heterocycles. The quantitative estimate of drug-likeness (QED) is 0.113. The normalized spacial score (nSPS) is 46.5. The Kier molecular flexibility index (Phi) is 56.6. The van der Waals surface area contributed by atoms with Crippen molar-refractivity contribution >= 4 is 129 Å². The van der Waals surface area contributed by atoms with Crippen LogP contribution in [0.2, 0.25) is 0 Å². The lowest BCUT2D eigenvalue weighted by Gasteiger charge is -2.32. The lowest BCUT2D eigenvalue weighted by atomic mass is 9.91. The standard InChI is InChI=1S/C7H11F3O3S.C7H13FO3S.C7H13FO2S.3C7H14O3S.C6H11FO2S.C6H12O3S.2C6H12O2S.C6H12OS.CH4/c1-3-6(13,7(8,9)10)5(12)4(2-11)14-3;1-4-7(11,3-8)6(10)5(2-9)12-4;1-4-7(2,8)6(10)5(3-9)11-4;2*1-4-7(2,10)6(9)5(3-8)11-4;1-4-7(10)5(2-8)6(3-9)11-4;1-3-5(7)6(9)4(2-8)10-3;1-3-5(8)6(9)4(2-7)10-3;1-4-6(8)2-5(3-7)9-4;1-4-2-5(8)6(3-7)9-4;1-5-2-3-6(4-7)8-5;/h3-5,11-13H,2H2,1H3;4-6,9-11H,2-3H2,1H3;4-6,9-10H,3H2,1-2H3;2*4-6,8-10H,3H2,1-2H3;4-10H,2-3H2,1H3;3-6,8-9H,2H2,1H3;3-9H,2H2,1H3;2*4-8H,2-3H2,1H3;5-7H,2-4H2,1H3;1H4/t3-,4+,5+,6-;5*4-,5+,6+,7-;2*3-,4+,5-,6+;2*4-,5-,6+;5-,6-;/m00000000000./s1. The zero-order valence-corrected chi connectivity index (χ0v) is 77.0. The van der Waals surface area contributed by atoms with Gasteiger partial charge in [-0.25, -0.2) is 13.2 Å². The van der Waals surface area contributed by atoms with Crippen LogP contribution in [0.1, 0.15) is 130 Å². The van der Waals surface area contributed by atoms with Gasteiger partial charge in [0.15, 0.2) is 5.60 Å². The predicted octanol–water partition coefficient (Wildman–Crippen LogP) is 0.646. The third-order valence-electron chi connectivity index (χ3n) is 22.2. The van der Waals surface area contributed by atoms with Crippen LogP contribution in [0.4, 0.5) is 26.3 Å². The number of halogens is 6. The van der Waals surface area contributed by atoms with Crippen LogP contribution < -0.4 is 0 Å². The maximum atomic E-state index is 13.5. The van der Waals surface area contributed by atoms with Crippen molar-refractivity contribution in [1.82, 2.24) is 0 Å². The summed E-state index contributed by atoms with van der Waals surface area (Å²) in [5, 5.41) is 243. The van der Waals surface area contributed by atoms with E-state index >= 15 is 0 Å². The molecule has 117 heavy (non-hydrogen) atoms. The van der Waals surface area contributed by atoms with Gasteiger partial charge in [-0.2, -0.15) is 48.5 Å². The van der Waals surface area contributed by atoms with Crippen LogP contribution in [0.3, 0.4) is 0 Å². The van der Waals surface area contributed by atoms with Crippen LogP contribution in [0.15, 0.2) is 0 Å². The molecule has 0 spiro atoms. The van der Waals surface area contributed by atoms with Gasteiger partial charge >= 0.3 is 6.18 Å². The fourth-order valence-electron chi connectivity index (χ4n) is 13.3. The summed E-state index contributed by atoms with van der Waals surface area (Å²) in [5.74, 6) is -0.153. The molecule has 11 aliphatic rings. The number of aliphatic hydroxyl groups is 27. The van der Waals surface area contributed by atoms with Gasteiger partial charge < -0.3 is 138 Å². The predicted molar refractivity (Wildman–Crippen MR) is 467 cm³/mol. The van der Waals surface area contributed by atoms with Crippen molar-refractivity contribution in [3.05, 3.63) is 0 Å². The molecule has 0 aliphatic carbocycles. The second-order valence-electron chi connectivity index (χ2n) is 31.0. The Hall–Kier alpha value is 2.35. The zero-order chi connectivity index (χ0) is 90.0. The summed E-state index contributed by atoms with van der Waals surface area (Å²) < 4.78 is 76.0. The van der Waals surface area contributed by atoms with Crippen molar-refractivity contribution in [3.63, 3.8) is 0 Å². The van der Waals surface area contributed by atoms with Crippen molar-refractivity contribution in [1.29, 1.82) is 0 Å². The Morgan fingerprint density at radius 2 is 0.718 bits per heavy atom. The molecule has 0 unspecified atom stereocenters. The van der Waals surface area contributed by atoms with E-state index < -0.39 is 124 Å². The average molecular weight is 1920 g/mol. The monoisotopic (exact) mass is 1920 g/mol. The first-order valence-corrected chi connectivity index (χ1v) is 48.9. The average Bonchev–Trinajstić information content (AvgIpc) is 1.61. The molecule has 0 aromatic carbocycles. The van der Waals surface area contributed by atoms with Crippen LogP contribution in [0, 0.1) is 5.92 Å². The molecule has 0 aromatic rings. The van der Waals surface area contributed by atoms with Gasteiger partial charge in [0.25, 0.3) is 0 Å². The van der Waals surface area contributed by atoms with Gasteiger partial charge in [0, 0.05) is 86.0 Å². The van der Waals surface area contributed by atoms with E-state index in [0.717, 1.165) is 29.9 Å². The van der Waals surface area contributed by atoms with E-state index in [4.69, 9.17) is 71.5 Å². The maximum absolute atomic E-state index is 13.5. The van der Waals surface area contributed by atoms with E-state index in [1.54, 1.807) is 69.9 Å². The lowest BCUT2D eigenvalue weighted by Crippen LogP contribution is -2.58. The van der Waals surface area contributed by atoms with Crippen molar-refractivity contribution in [2.75, 3.05) is 86.0 Å². The summed E-state index contributed by atoms with van der Waals surface area (Å²) in [6, 6.07) is 0. The molecule has 0 amide bonds. The molecule has 11 fully saturated rings. The molecule has 44 heteroatoms.